The predicted molar refractivity (Wildman–Crippen MR) is 83.1 cm³/mol. The fourth-order valence-electron chi connectivity index (χ4n) is 1.23. The second-order valence-corrected chi connectivity index (χ2v) is 3.69. The van der Waals surface area contributed by atoms with Gasteiger partial charge in [0.2, 0.25) is 0 Å². The smallest absolute Gasteiger partial charge is 0.00817 e. The standard InChI is InChI=1S/C17H23N/c1-4-7-9-10-11-13-17(18)15-14-16(6-3)12-8-5-2/h4-12,15H,1-2,13-14,18H2,3H3/b9-7-,11-10-,12-8-,16-6+,17-15-. The minimum atomic E-state index is 0.768. The molecule has 0 atom stereocenters. The van der Waals surface area contributed by atoms with Gasteiger partial charge in [0.25, 0.3) is 0 Å². The highest BCUT2D eigenvalue weighted by molar-refractivity contribution is 5.24. The van der Waals surface area contributed by atoms with Gasteiger partial charge < -0.3 is 5.73 Å². The lowest BCUT2D eigenvalue weighted by Gasteiger charge is -1.98. The highest BCUT2D eigenvalue weighted by Gasteiger charge is 1.90. The van der Waals surface area contributed by atoms with Gasteiger partial charge in [0.1, 0.15) is 0 Å². The molecule has 0 saturated carbocycles. The lowest BCUT2D eigenvalue weighted by Crippen LogP contribution is -1.95. The molecule has 0 bridgehead atoms. The van der Waals surface area contributed by atoms with Crippen LogP contribution in [0.3, 0.4) is 0 Å². The molecule has 0 fully saturated rings. The fourth-order valence-corrected chi connectivity index (χ4v) is 1.23. The van der Waals surface area contributed by atoms with Crippen LogP contribution in [-0.2, 0) is 0 Å². The van der Waals surface area contributed by atoms with E-state index >= 15 is 0 Å². The van der Waals surface area contributed by atoms with Crippen molar-refractivity contribution in [1.82, 2.24) is 0 Å². The lowest BCUT2D eigenvalue weighted by molar-refractivity contribution is 1.11. The maximum absolute atomic E-state index is 5.91. The number of rotatable bonds is 8. The van der Waals surface area contributed by atoms with Gasteiger partial charge in [0.15, 0.2) is 0 Å². The molecule has 2 N–H and O–H groups in total. The molecule has 0 aliphatic carbocycles. The van der Waals surface area contributed by atoms with Gasteiger partial charge in [-0.05, 0) is 18.9 Å². The molecule has 18 heavy (non-hydrogen) atoms. The third-order valence-electron chi connectivity index (χ3n) is 2.27. The average molecular weight is 241 g/mol. The summed E-state index contributed by atoms with van der Waals surface area (Å²) in [4.78, 5) is 0. The van der Waals surface area contributed by atoms with Gasteiger partial charge in [-0.25, -0.2) is 0 Å². The van der Waals surface area contributed by atoms with E-state index in [0.29, 0.717) is 0 Å². The summed E-state index contributed by atoms with van der Waals surface area (Å²) in [6, 6.07) is 0. The molecule has 0 aromatic carbocycles. The quantitative estimate of drug-likeness (QED) is 0.618. The SMILES string of the molecule is C=C/C=C\C=C/C/C(N)=C/CC(/C=C\C=C)=C/C. The Morgan fingerprint density at radius 3 is 2.33 bits per heavy atom. The summed E-state index contributed by atoms with van der Waals surface area (Å²) in [5, 5.41) is 0. The molecule has 0 aromatic rings. The van der Waals surface area contributed by atoms with E-state index in [1.807, 2.05) is 49.5 Å². The first-order valence-electron chi connectivity index (χ1n) is 6.07. The van der Waals surface area contributed by atoms with Gasteiger partial charge in [-0.3, -0.25) is 0 Å². The van der Waals surface area contributed by atoms with Gasteiger partial charge in [0.05, 0.1) is 0 Å². The molecule has 0 heterocycles. The predicted octanol–water partition coefficient (Wildman–Crippen LogP) is 4.60. The van der Waals surface area contributed by atoms with Crippen molar-refractivity contribution in [2.45, 2.75) is 19.8 Å². The Balaban J connectivity index is 4.21. The Bertz CT molecular complexity index is 390. The number of nitrogens with two attached hydrogens (primary N) is 1. The van der Waals surface area contributed by atoms with Crippen LogP contribution in [0, 0.1) is 0 Å². The Hall–Kier alpha value is -2.02. The van der Waals surface area contributed by atoms with Crippen molar-refractivity contribution in [1.29, 1.82) is 0 Å². The molecule has 0 spiro atoms. The van der Waals surface area contributed by atoms with Crippen molar-refractivity contribution in [2.24, 2.45) is 5.73 Å². The fraction of sp³-hybridized carbons (Fsp3) is 0.176. The summed E-state index contributed by atoms with van der Waals surface area (Å²) >= 11 is 0. The van der Waals surface area contributed by atoms with Crippen molar-refractivity contribution in [3.8, 4) is 0 Å². The van der Waals surface area contributed by atoms with E-state index in [4.69, 9.17) is 5.73 Å². The second kappa shape index (κ2) is 11.5. The summed E-state index contributed by atoms with van der Waals surface area (Å²) in [6.45, 7) is 9.27. The van der Waals surface area contributed by atoms with Crippen molar-refractivity contribution < 1.29 is 0 Å². The lowest BCUT2D eigenvalue weighted by atomic mass is 10.1. The maximum Gasteiger partial charge on any atom is 0.00817 e. The molecule has 1 nitrogen and oxygen atoms in total. The maximum atomic E-state index is 5.91. The molecule has 0 radical (unpaired) electrons. The van der Waals surface area contributed by atoms with Gasteiger partial charge in [-0.15, -0.1) is 0 Å². The molecule has 0 saturated heterocycles. The Morgan fingerprint density at radius 1 is 1.00 bits per heavy atom. The van der Waals surface area contributed by atoms with Crippen molar-refractivity contribution in [3.63, 3.8) is 0 Å². The van der Waals surface area contributed by atoms with Crippen molar-refractivity contribution in [3.05, 3.63) is 85.2 Å². The van der Waals surface area contributed by atoms with Crippen LogP contribution in [0.15, 0.2) is 85.2 Å². The molecule has 0 aromatic heterocycles. The monoisotopic (exact) mass is 241 g/mol. The molecule has 1 heteroatoms. The zero-order valence-corrected chi connectivity index (χ0v) is 11.2. The van der Waals surface area contributed by atoms with Crippen LogP contribution in [0.5, 0.6) is 0 Å². The van der Waals surface area contributed by atoms with Crippen LogP contribution in [0.25, 0.3) is 0 Å². The second-order valence-electron chi connectivity index (χ2n) is 3.69. The average Bonchev–Trinajstić information content (AvgIpc) is 2.39. The zero-order valence-electron chi connectivity index (χ0n) is 11.2. The van der Waals surface area contributed by atoms with Crippen molar-refractivity contribution >= 4 is 0 Å². The zero-order chi connectivity index (χ0) is 13.6. The molecular weight excluding hydrogens is 218 g/mol. The van der Waals surface area contributed by atoms with E-state index < -0.39 is 0 Å². The van der Waals surface area contributed by atoms with Crippen LogP contribution in [0.2, 0.25) is 0 Å². The van der Waals surface area contributed by atoms with E-state index in [1.54, 1.807) is 12.2 Å². The summed E-state index contributed by atoms with van der Waals surface area (Å²) in [6.07, 6.45) is 21.0. The molecular formula is C17H23N. The Labute approximate surface area is 111 Å². The number of hydrogen-bond acceptors (Lipinski definition) is 1. The third-order valence-corrected chi connectivity index (χ3v) is 2.27. The van der Waals surface area contributed by atoms with E-state index in [0.717, 1.165) is 18.5 Å². The molecule has 0 unspecified atom stereocenters. The summed E-state index contributed by atoms with van der Waals surface area (Å²) in [7, 11) is 0. The Kier molecular flexibility index (Phi) is 10.2. The van der Waals surface area contributed by atoms with E-state index in [2.05, 4.69) is 19.2 Å². The molecule has 96 valence electrons. The number of hydrogen-bond donors (Lipinski definition) is 1. The van der Waals surface area contributed by atoms with E-state index in [9.17, 15) is 0 Å². The minimum Gasteiger partial charge on any atom is -0.402 e. The largest absolute Gasteiger partial charge is 0.402 e. The van der Waals surface area contributed by atoms with Crippen LogP contribution < -0.4 is 5.73 Å². The van der Waals surface area contributed by atoms with Gasteiger partial charge in [-0.1, -0.05) is 73.9 Å². The molecule has 0 aliphatic rings. The summed E-state index contributed by atoms with van der Waals surface area (Å²) in [5.74, 6) is 0. The first-order chi connectivity index (χ1) is 8.74. The van der Waals surface area contributed by atoms with Crippen LogP contribution in [0.4, 0.5) is 0 Å². The van der Waals surface area contributed by atoms with Gasteiger partial charge in [-0.2, -0.15) is 0 Å². The van der Waals surface area contributed by atoms with E-state index in [-0.39, 0.29) is 0 Å². The van der Waals surface area contributed by atoms with Crippen molar-refractivity contribution in [2.75, 3.05) is 0 Å². The number of allylic oxidation sites excluding steroid dienone is 11. The van der Waals surface area contributed by atoms with E-state index in [1.165, 1.54) is 5.57 Å². The summed E-state index contributed by atoms with van der Waals surface area (Å²) < 4.78 is 0. The highest BCUT2D eigenvalue weighted by atomic mass is 14.6. The normalized spacial score (nSPS) is 13.8. The van der Waals surface area contributed by atoms with Gasteiger partial charge >= 0.3 is 0 Å². The first kappa shape index (κ1) is 16.0. The van der Waals surface area contributed by atoms with Gasteiger partial charge in [0, 0.05) is 12.1 Å². The van der Waals surface area contributed by atoms with Crippen LogP contribution in [-0.4, -0.2) is 0 Å². The first-order valence-corrected chi connectivity index (χ1v) is 6.07. The van der Waals surface area contributed by atoms with Crippen LogP contribution >= 0.6 is 0 Å². The highest BCUT2D eigenvalue weighted by Crippen LogP contribution is 2.07. The Morgan fingerprint density at radius 2 is 1.72 bits per heavy atom. The van der Waals surface area contributed by atoms with Crippen LogP contribution in [0.1, 0.15) is 19.8 Å². The summed E-state index contributed by atoms with van der Waals surface area (Å²) in [5.41, 5.74) is 8.02. The minimum absolute atomic E-state index is 0.768. The molecule has 0 aliphatic heterocycles. The third kappa shape index (κ3) is 9.22. The molecule has 0 amide bonds. The topological polar surface area (TPSA) is 26.0 Å². The molecule has 0 rings (SSSR count).